The van der Waals surface area contributed by atoms with Crippen LogP contribution in [0.3, 0.4) is 0 Å². The number of rotatable bonds is 6. The van der Waals surface area contributed by atoms with E-state index in [2.05, 4.69) is 39.5 Å². The zero-order valence-corrected chi connectivity index (χ0v) is 16.0. The van der Waals surface area contributed by atoms with E-state index in [1.807, 2.05) is 0 Å². The van der Waals surface area contributed by atoms with Gasteiger partial charge in [-0.3, -0.25) is 4.90 Å². The van der Waals surface area contributed by atoms with Gasteiger partial charge in [0.2, 0.25) is 0 Å². The van der Waals surface area contributed by atoms with Gasteiger partial charge in [-0.05, 0) is 57.3 Å². The number of nitrogens with zero attached hydrogens (tertiary/aromatic N) is 1. The molecule has 1 aliphatic heterocycles. The maximum Gasteiger partial charge on any atom is 0.0900 e. The van der Waals surface area contributed by atoms with Gasteiger partial charge in [0.15, 0.2) is 0 Å². The van der Waals surface area contributed by atoms with E-state index in [0.717, 1.165) is 18.9 Å². The molecular formula is C20H39NO2. The molecule has 136 valence electrons. The van der Waals surface area contributed by atoms with Gasteiger partial charge in [0.25, 0.3) is 0 Å². The minimum atomic E-state index is -0.358. The molecule has 0 aromatic heterocycles. The van der Waals surface area contributed by atoms with Crippen LogP contribution >= 0.6 is 0 Å². The van der Waals surface area contributed by atoms with Crippen LogP contribution in [0.25, 0.3) is 0 Å². The van der Waals surface area contributed by atoms with Gasteiger partial charge >= 0.3 is 0 Å². The summed E-state index contributed by atoms with van der Waals surface area (Å²) < 4.78 is 6.22. The van der Waals surface area contributed by atoms with Gasteiger partial charge in [0, 0.05) is 18.6 Å². The number of β-amino-alcohol motifs (C(OH)–C–C–N with tert-alkyl or cyclic N) is 1. The molecule has 0 amide bonds. The maximum atomic E-state index is 10.5. The van der Waals surface area contributed by atoms with Gasteiger partial charge in [-0.15, -0.1) is 0 Å². The predicted octanol–water partition coefficient (Wildman–Crippen LogP) is 4.09. The summed E-state index contributed by atoms with van der Waals surface area (Å²) >= 11 is 0. The zero-order valence-electron chi connectivity index (χ0n) is 16.0. The first-order valence-corrected chi connectivity index (χ1v) is 9.93. The molecule has 1 saturated carbocycles. The lowest BCUT2D eigenvalue weighted by molar-refractivity contribution is -0.0793. The third-order valence-electron chi connectivity index (χ3n) is 6.26. The fourth-order valence-corrected chi connectivity index (χ4v) is 4.67. The van der Waals surface area contributed by atoms with Gasteiger partial charge in [-0.25, -0.2) is 0 Å². The number of piperidine rings is 1. The van der Waals surface area contributed by atoms with Crippen molar-refractivity contribution in [3.63, 3.8) is 0 Å². The molecule has 2 rings (SSSR count). The molecule has 2 fully saturated rings. The van der Waals surface area contributed by atoms with Crippen molar-refractivity contribution in [3.05, 3.63) is 0 Å². The van der Waals surface area contributed by atoms with Crippen molar-refractivity contribution >= 4 is 0 Å². The number of hydrogen-bond acceptors (Lipinski definition) is 3. The van der Waals surface area contributed by atoms with E-state index in [1.54, 1.807) is 0 Å². The van der Waals surface area contributed by atoms with E-state index < -0.39 is 0 Å². The second-order valence-corrected chi connectivity index (χ2v) is 8.68. The molecule has 3 nitrogen and oxygen atoms in total. The molecule has 0 unspecified atom stereocenters. The van der Waals surface area contributed by atoms with Crippen molar-refractivity contribution in [3.8, 4) is 0 Å². The molecule has 3 heteroatoms. The molecule has 1 saturated heterocycles. The van der Waals surface area contributed by atoms with Crippen LogP contribution in [0.4, 0.5) is 0 Å². The Labute approximate surface area is 143 Å². The minimum absolute atomic E-state index is 0.338. The highest BCUT2D eigenvalue weighted by Gasteiger charge is 2.32. The van der Waals surface area contributed by atoms with E-state index in [1.165, 1.54) is 32.1 Å². The van der Waals surface area contributed by atoms with Crippen LogP contribution in [-0.4, -0.2) is 47.4 Å². The Morgan fingerprint density at radius 2 is 1.70 bits per heavy atom. The van der Waals surface area contributed by atoms with E-state index in [0.29, 0.717) is 36.6 Å². The number of likely N-dealkylation sites (tertiary alicyclic amines) is 1. The third-order valence-corrected chi connectivity index (χ3v) is 6.26. The highest BCUT2D eigenvalue weighted by Crippen LogP contribution is 2.35. The van der Waals surface area contributed by atoms with Crippen molar-refractivity contribution in [1.82, 2.24) is 4.90 Å². The lowest BCUT2D eigenvalue weighted by Gasteiger charge is -2.41. The van der Waals surface area contributed by atoms with Crippen LogP contribution in [0.5, 0.6) is 0 Å². The van der Waals surface area contributed by atoms with E-state index in [9.17, 15) is 5.11 Å². The second kappa shape index (κ2) is 8.82. The summed E-state index contributed by atoms with van der Waals surface area (Å²) in [6.07, 6.45) is 7.58. The summed E-state index contributed by atoms with van der Waals surface area (Å²) in [6.45, 7) is 12.8. The fraction of sp³-hybridized carbons (Fsp3) is 1.00. The average molecular weight is 326 g/mol. The molecule has 1 N–H and O–H groups in total. The average Bonchev–Trinajstić information content (AvgIpc) is 2.49. The van der Waals surface area contributed by atoms with E-state index in [-0.39, 0.29) is 6.10 Å². The Balaban J connectivity index is 1.81. The monoisotopic (exact) mass is 325 g/mol. The van der Waals surface area contributed by atoms with Gasteiger partial charge in [0.1, 0.15) is 0 Å². The van der Waals surface area contributed by atoms with E-state index in [4.69, 9.17) is 4.74 Å². The highest BCUT2D eigenvalue weighted by molar-refractivity contribution is 4.83. The Hall–Kier alpha value is -0.120. The van der Waals surface area contributed by atoms with Crippen molar-refractivity contribution in [2.24, 2.45) is 17.8 Å². The molecule has 0 aromatic carbocycles. The van der Waals surface area contributed by atoms with Gasteiger partial charge in [-0.2, -0.15) is 0 Å². The number of hydrogen-bond donors (Lipinski definition) is 1. The molecule has 0 aromatic rings. The van der Waals surface area contributed by atoms with Crippen LogP contribution in [0.2, 0.25) is 0 Å². The molecule has 2 aliphatic rings. The van der Waals surface area contributed by atoms with Gasteiger partial charge in [0.05, 0.1) is 18.8 Å². The quantitative estimate of drug-likeness (QED) is 0.798. The summed E-state index contributed by atoms with van der Waals surface area (Å²) in [4.78, 5) is 2.47. The number of aliphatic hydroxyl groups excluding tert-OH is 1. The fourth-order valence-electron chi connectivity index (χ4n) is 4.67. The lowest BCUT2D eigenvalue weighted by atomic mass is 9.75. The Bertz CT molecular complexity index is 337. The number of ether oxygens (including phenoxy) is 1. The topological polar surface area (TPSA) is 32.7 Å². The van der Waals surface area contributed by atoms with Gasteiger partial charge in [-0.1, -0.05) is 33.6 Å². The molecule has 0 spiro atoms. The molecule has 1 heterocycles. The lowest BCUT2D eigenvalue weighted by Crippen LogP contribution is -2.48. The van der Waals surface area contributed by atoms with Crippen LogP contribution in [0.15, 0.2) is 0 Å². The Kier molecular flexibility index (Phi) is 7.37. The zero-order chi connectivity index (χ0) is 17.0. The minimum Gasteiger partial charge on any atom is -0.389 e. The van der Waals surface area contributed by atoms with Crippen LogP contribution in [-0.2, 0) is 4.74 Å². The summed E-state index contributed by atoms with van der Waals surface area (Å²) in [5.74, 6) is 2.09. The first-order chi connectivity index (χ1) is 10.9. The molecule has 0 bridgehead atoms. The Morgan fingerprint density at radius 1 is 1.04 bits per heavy atom. The summed E-state index contributed by atoms with van der Waals surface area (Å²) in [5.41, 5.74) is 0. The molecule has 0 radical (unpaired) electrons. The number of aliphatic hydroxyl groups is 1. The molecule has 6 atom stereocenters. The van der Waals surface area contributed by atoms with Crippen LogP contribution in [0, 0.1) is 17.8 Å². The smallest absolute Gasteiger partial charge is 0.0900 e. The second-order valence-electron chi connectivity index (χ2n) is 8.68. The highest BCUT2D eigenvalue weighted by atomic mass is 16.5. The van der Waals surface area contributed by atoms with Crippen molar-refractivity contribution in [1.29, 1.82) is 0 Å². The first-order valence-electron chi connectivity index (χ1n) is 9.93. The SMILES string of the molecule is CC(C)[C@H]1CC[C@@H](C)C[C@H]1OC[C@@H](O)CN1[C@H](C)CCC[C@@H]1C. The first kappa shape index (κ1) is 19.2. The largest absolute Gasteiger partial charge is 0.389 e. The normalized spacial score (nSPS) is 38.0. The molecule has 23 heavy (non-hydrogen) atoms. The van der Waals surface area contributed by atoms with Crippen molar-refractivity contribution in [2.75, 3.05) is 13.2 Å². The van der Waals surface area contributed by atoms with Gasteiger partial charge < -0.3 is 9.84 Å². The van der Waals surface area contributed by atoms with Crippen molar-refractivity contribution in [2.45, 2.75) is 97.4 Å². The standard InChI is InChI=1S/C20H39NO2/c1-14(2)19-10-9-15(3)11-20(19)23-13-18(22)12-21-16(4)7-6-8-17(21)5/h14-20,22H,6-13H2,1-5H3/t15-,16-,17+,18+,19-,20-/m1/s1. The Morgan fingerprint density at radius 3 is 2.30 bits per heavy atom. The summed E-state index contributed by atoms with van der Waals surface area (Å²) in [6, 6.07) is 1.18. The maximum absolute atomic E-state index is 10.5. The summed E-state index contributed by atoms with van der Waals surface area (Å²) in [7, 11) is 0. The van der Waals surface area contributed by atoms with E-state index >= 15 is 0 Å². The molecule has 1 aliphatic carbocycles. The molecular weight excluding hydrogens is 286 g/mol. The third kappa shape index (κ3) is 5.44. The van der Waals surface area contributed by atoms with Crippen molar-refractivity contribution < 1.29 is 9.84 Å². The van der Waals surface area contributed by atoms with Crippen LogP contribution in [0.1, 0.15) is 73.1 Å². The predicted molar refractivity (Wildman–Crippen MR) is 96.6 cm³/mol. The summed E-state index contributed by atoms with van der Waals surface area (Å²) in [5, 5.41) is 10.5. The van der Waals surface area contributed by atoms with Crippen LogP contribution < -0.4 is 0 Å².